The summed E-state index contributed by atoms with van der Waals surface area (Å²) < 4.78 is 5.03. The van der Waals surface area contributed by atoms with Crippen LogP contribution in [-0.4, -0.2) is 24.9 Å². The number of methoxy groups -OCH3 is 1. The summed E-state index contributed by atoms with van der Waals surface area (Å²) in [6.07, 6.45) is 0.378. The van der Waals surface area contributed by atoms with E-state index >= 15 is 0 Å². The lowest BCUT2D eigenvalue weighted by molar-refractivity contribution is 0.0574. The lowest BCUT2D eigenvalue weighted by atomic mass is 9.96. The van der Waals surface area contributed by atoms with E-state index in [9.17, 15) is 5.11 Å². The van der Waals surface area contributed by atoms with Gasteiger partial charge in [-0.2, -0.15) is 0 Å². The van der Waals surface area contributed by atoms with Crippen LogP contribution in [0.2, 0.25) is 0 Å². The molecule has 1 aromatic carbocycles. The summed E-state index contributed by atoms with van der Waals surface area (Å²) in [5.41, 5.74) is 2.45. The standard InChI is InChI=1S/C13H20O2/c1-10-6-4-5-7-12(10)8-13(14)11(2)9-15-3/h4-7,11,13-14H,8-9H2,1-3H3. The van der Waals surface area contributed by atoms with E-state index in [0.29, 0.717) is 13.0 Å². The zero-order chi connectivity index (χ0) is 11.3. The first-order chi connectivity index (χ1) is 7.15. The van der Waals surface area contributed by atoms with Gasteiger partial charge in [0.2, 0.25) is 0 Å². The largest absolute Gasteiger partial charge is 0.392 e. The van der Waals surface area contributed by atoms with E-state index < -0.39 is 0 Å². The number of aliphatic hydroxyl groups is 1. The molecule has 1 aromatic rings. The maximum Gasteiger partial charge on any atom is 0.0628 e. The van der Waals surface area contributed by atoms with E-state index in [2.05, 4.69) is 19.1 Å². The molecule has 0 heterocycles. The summed E-state index contributed by atoms with van der Waals surface area (Å²) in [4.78, 5) is 0. The van der Waals surface area contributed by atoms with Gasteiger partial charge in [-0.25, -0.2) is 0 Å². The molecular formula is C13H20O2. The molecule has 0 aromatic heterocycles. The van der Waals surface area contributed by atoms with Crippen LogP contribution >= 0.6 is 0 Å². The van der Waals surface area contributed by atoms with Crippen molar-refractivity contribution in [3.8, 4) is 0 Å². The Bertz CT molecular complexity index is 296. The molecule has 0 bridgehead atoms. The Hall–Kier alpha value is -0.860. The maximum atomic E-state index is 9.95. The van der Waals surface area contributed by atoms with Crippen LogP contribution in [-0.2, 0) is 11.2 Å². The van der Waals surface area contributed by atoms with Crippen molar-refractivity contribution in [2.45, 2.75) is 26.4 Å². The summed E-state index contributed by atoms with van der Waals surface area (Å²) in [6, 6.07) is 8.17. The fraction of sp³-hybridized carbons (Fsp3) is 0.538. The van der Waals surface area contributed by atoms with Crippen molar-refractivity contribution in [1.29, 1.82) is 0 Å². The van der Waals surface area contributed by atoms with Gasteiger partial charge in [-0.3, -0.25) is 0 Å². The van der Waals surface area contributed by atoms with E-state index in [0.717, 1.165) is 0 Å². The van der Waals surface area contributed by atoms with Gasteiger partial charge in [0.15, 0.2) is 0 Å². The molecule has 0 saturated carbocycles. The Balaban J connectivity index is 2.58. The lowest BCUT2D eigenvalue weighted by Gasteiger charge is -2.18. The van der Waals surface area contributed by atoms with Crippen molar-refractivity contribution in [1.82, 2.24) is 0 Å². The Morgan fingerprint density at radius 2 is 2.00 bits per heavy atom. The number of benzene rings is 1. The molecule has 0 spiro atoms. The zero-order valence-corrected chi connectivity index (χ0v) is 9.73. The van der Waals surface area contributed by atoms with Gasteiger partial charge in [0, 0.05) is 13.0 Å². The van der Waals surface area contributed by atoms with E-state index in [1.807, 2.05) is 19.1 Å². The minimum Gasteiger partial charge on any atom is -0.392 e. The molecule has 2 heteroatoms. The first-order valence-electron chi connectivity index (χ1n) is 5.36. The summed E-state index contributed by atoms with van der Waals surface area (Å²) in [5.74, 6) is 0.176. The average molecular weight is 208 g/mol. The average Bonchev–Trinajstić information content (AvgIpc) is 2.21. The first kappa shape index (κ1) is 12.2. The number of rotatable bonds is 5. The van der Waals surface area contributed by atoms with E-state index in [1.165, 1.54) is 11.1 Å². The Morgan fingerprint density at radius 1 is 1.33 bits per heavy atom. The third kappa shape index (κ3) is 3.65. The molecular weight excluding hydrogens is 188 g/mol. The van der Waals surface area contributed by atoms with Crippen molar-refractivity contribution in [3.05, 3.63) is 35.4 Å². The van der Waals surface area contributed by atoms with Crippen LogP contribution in [0.1, 0.15) is 18.1 Å². The quantitative estimate of drug-likeness (QED) is 0.803. The van der Waals surface area contributed by atoms with Gasteiger partial charge in [0.25, 0.3) is 0 Å². The molecule has 0 aliphatic heterocycles. The molecule has 2 unspecified atom stereocenters. The molecule has 0 fully saturated rings. The molecule has 15 heavy (non-hydrogen) atoms. The maximum absolute atomic E-state index is 9.95. The van der Waals surface area contributed by atoms with E-state index in [1.54, 1.807) is 7.11 Å². The summed E-state index contributed by atoms with van der Waals surface area (Å²) >= 11 is 0. The highest BCUT2D eigenvalue weighted by molar-refractivity contribution is 5.26. The van der Waals surface area contributed by atoms with Crippen LogP contribution in [0.5, 0.6) is 0 Å². The normalized spacial score (nSPS) is 14.9. The molecule has 2 atom stereocenters. The topological polar surface area (TPSA) is 29.5 Å². The second-order valence-electron chi connectivity index (χ2n) is 4.13. The predicted molar refractivity (Wildman–Crippen MR) is 61.9 cm³/mol. The minimum absolute atomic E-state index is 0.176. The molecule has 0 aliphatic carbocycles. The highest BCUT2D eigenvalue weighted by Crippen LogP contribution is 2.14. The van der Waals surface area contributed by atoms with Crippen molar-refractivity contribution in [3.63, 3.8) is 0 Å². The molecule has 0 saturated heterocycles. The summed E-state index contributed by atoms with van der Waals surface area (Å²) in [6.45, 7) is 4.68. The smallest absolute Gasteiger partial charge is 0.0628 e. The minimum atomic E-state index is -0.328. The van der Waals surface area contributed by atoms with Crippen LogP contribution in [0, 0.1) is 12.8 Å². The molecule has 0 amide bonds. The zero-order valence-electron chi connectivity index (χ0n) is 9.73. The summed E-state index contributed by atoms with van der Waals surface area (Å²) in [5, 5.41) is 9.95. The van der Waals surface area contributed by atoms with Gasteiger partial charge in [-0.1, -0.05) is 31.2 Å². The van der Waals surface area contributed by atoms with Gasteiger partial charge in [0.1, 0.15) is 0 Å². The highest BCUT2D eigenvalue weighted by Gasteiger charge is 2.15. The van der Waals surface area contributed by atoms with Crippen LogP contribution in [0.25, 0.3) is 0 Å². The van der Waals surface area contributed by atoms with Gasteiger partial charge in [-0.15, -0.1) is 0 Å². The van der Waals surface area contributed by atoms with Gasteiger partial charge >= 0.3 is 0 Å². The van der Waals surface area contributed by atoms with Gasteiger partial charge in [0.05, 0.1) is 12.7 Å². The number of hydrogen-bond donors (Lipinski definition) is 1. The fourth-order valence-electron chi connectivity index (χ4n) is 1.64. The third-order valence-corrected chi connectivity index (χ3v) is 2.78. The number of hydrogen-bond acceptors (Lipinski definition) is 2. The molecule has 2 nitrogen and oxygen atoms in total. The van der Waals surface area contributed by atoms with Crippen molar-refractivity contribution in [2.75, 3.05) is 13.7 Å². The summed E-state index contributed by atoms with van der Waals surface area (Å²) in [7, 11) is 1.66. The second kappa shape index (κ2) is 5.89. The van der Waals surface area contributed by atoms with Crippen molar-refractivity contribution >= 4 is 0 Å². The number of ether oxygens (including phenoxy) is 1. The second-order valence-corrected chi connectivity index (χ2v) is 4.13. The molecule has 1 rings (SSSR count). The van der Waals surface area contributed by atoms with Crippen LogP contribution in [0.15, 0.2) is 24.3 Å². The van der Waals surface area contributed by atoms with Crippen LogP contribution in [0.3, 0.4) is 0 Å². The van der Waals surface area contributed by atoms with Crippen molar-refractivity contribution < 1.29 is 9.84 Å². The van der Waals surface area contributed by atoms with E-state index in [4.69, 9.17) is 4.74 Å². The molecule has 84 valence electrons. The SMILES string of the molecule is COCC(C)C(O)Cc1ccccc1C. The Kier molecular flexibility index (Phi) is 4.79. The molecule has 0 radical (unpaired) electrons. The lowest BCUT2D eigenvalue weighted by Crippen LogP contribution is -2.24. The van der Waals surface area contributed by atoms with Crippen LogP contribution < -0.4 is 0 Å². The third-order valence-electron chi connectivity index (χ3n) is 2.78. The van der Waals surface area contributed by atoms with Gasteiger partial charge < -0.3 is 9.84 Å². The Morgan fingerprint density at radius 3 is 2.60 bits per heavy atom. The monoisotopic (exact) mass is 208 g/mol. The predicted octanol–water partition coefficient (Wildman–Crippen LogP) is 2.18. The molecule has 0 aliphatic rings. The van der Waals surface area contributed by atoms with Gasteiger partial charge in [-0.05, 0) is 24.5 Å². The highest BCUT2D eigenvalue weighted by atomic mass is 16.5. The van der Waals surface area contributed by atoms with E-state index in [-0.39, 0.29) is 12.0 Å². The fourth-order valence-corrected chi connectivity index (χ4v) is 1.64. The van der Waals surface area contributed by atoms with Crippen molar-refractivity contribution in [2.24, 2.45) is 5.92 Å². The molecule has 1 N–H and O–H groups in total. The number of aryl methyl sites for hydroxylation is 1. The first-order valence-corrected chi connectivity index (χ1v) is 5.36. The van der Waals surface area contributed by atoms with Crippen LogP contribution in [0.4, 0.5) is 0 Å². The Labute approximate surface area is 91.9 Å². The number of aliphatic hydroxyl groups excluding tert-OH is 1.